The number of hydroxylamine groups is 2. The third-order valence-corrected chi connectivity index (χ3v) is 1.24. The van der Waals surface area contributed by atoms with E-state index < -0.39 is 19.0 Å². The van der Waals surface area contributed by atoms with Crippen LogP contribution in [0.1, 0.15) is 6.92 Å². The van der Waals surface area contributed by atoms with Crippen molar-refractivity contribution in [1.82, 2.24) is 5.06 Å². The second-order valence-electron chi connectivity index (χ2n) is 2.28. The van der Waals surface area contributed by atoms with Gasteiger partial charge in [-0.25, -0.2) is 8.78 Å². The van der Waals surface area contributed by atoms with Gasteiger partial charge in [0.2, 0.25) is 0 Å². The molecule has 0 bridgehead atoms. The lowest BCUT2D eigenvalue weighted by Gasteiger charge is -2.19. The van der Waals surface area contributed by atoms with Gasteiger partial charge >= 0.3 is 12.3 Å². The molecular formula is C6H11F4NO. The first-order valence-electron chi connectivity index (χ1n) is 3.40. The maximum absolute atomic E-state index is 12.1. The summed E-state index contributed by atoms with van der Waals surface area (Å²) in [6.45, 7) is 0.731. The summed E-state index contributed by atoms with van der Waals surface area (Å²) in [5.74, 6) is -4.07. The van der Waals surface area contributed by atoms with Crippen LogP contribution in [0.25, 0.3) is 0 Å². The van der Waals surface area contributed by atoms with Crippen molar-refractivity contribution in [2.45, 2.75) is 19.3 Å². The third-order valence-electron chi connectivity index (χ3n) is 1.24. The van der Waals surface area contributed by atoms with Crippen LogP contribution in [0.3, 0.4) is 0 Å². The van der Waals surface area contributed by atoms with Gasteiger partial charge in [-0.1, -0.05) is 6.92 Å². The summed E-state index contributed by atoms with van der Waals surface area (Å²) in [5, 5.41) is 1.07. The van der Waals surface area contributed by atoms with Crippen LogP contribution in [0.5, 0.6) is 0 Å². The first-order valence-corrected chi connectivity index (χ1v) is 3.40. The van der Waals surface area contributed by atoms with Crippen molar-refractivity contribution in [3.05, 3.63) is 0 Å². The Morgan fingerprint density at radius 3 is 2.25 bits per heavy atom. The Balaban J connectivity index is 3.75. The van der Waals surface area contributed by atoms with Crippen LogP contribution in [-0.2, 0) is 4.84 Å². The number of hydrogen-bond donors (Lipinski definition) is 0. The van der Waals surface area contributed by atoms with Gasteiger partial charge in [-0.2, -0.15) is 13.8 Å². The smallest absolute Gasteiger partial charge is 0.293 e. The maximum Gasteiger partial charge on any atom is 0.332 e. The van der Waals surface area contributed by atoms with Crippen LogP contribution >= 0.6 is 0 Å². The largest absolute Gasteiger partial charge is 0.332 e. The molecular weight excluding hydrogens is 178 g/mol. The molecule has 0 atom stereocenters. The quantitative estimate of drug-likeness (QED) is 0.482. The van der Waals surface area contributed by atoms with Crippen molar-refractivity contribution in [3.63, 3.8) is 0 Å². The zero-order valence-corrected chi connectivity index (χ0v) is 6.86. The molecule has 0 saturated heterocycles. The van der Waals surface area contributed by atoms with E-state index in [1.807, 2.05) is 0 Å². The van der Waals surface area contributed by atoms with E-state index in [1.165, 1.54) is 7.05 Å². The van der Waals surface area contributed by atoms with Crippen LogP contribution in [-0.4, -0.2) is 37.6 Å². The number of halogens is 4. The normalized spacial score (nSPS) is 13.0. The summed E-state index contributed by atoms with van der Waals surface area (Å²) in [6.07, 6.45) is -3.68. The Labute approximate surface area is 68.1 Å². The van der Waals surface area contributed by atoms with Gasteiger partial charge in [-0.15, -0.1) is 0 Å². The number of rotatable bonds is 5. The fourth-order valence-electron chi connectivity index (χ4n) is 0.351. The van der Waals surface area contributed by atoms with E-state index in [9.17, 15) is 17.6 Å². The van der Waals surface area contributed by atoms with Crippen molar-refractivity contribution >= 4 is 0 Å². The highest BCUT2D eigenvalue weighted by Crippen LogP contribution is 2.22. The van der Waals surface area contributed by atoms with Gasteiger partial charge < -0.3 is 0 Å². The van der Waals surface area contributed by atoms with Gasteiger partial charge in [0.05, 0.1) is 0 Å². The van der Waals surface area contributed by atoms with Gasteiger partial charge in [0.15, 0.2) is 0 Å². The van der Waals surface area contributed by atoms with E-state index >= 15 is 0 Å². The lowest BCUT2D eigenvalue weighted by molar-refractivity contribution is -0.232. The minimum atomic E-state index is -4.07. The van der Waals surface area contributed by atoms with E-state index in [0.717, 1.165) is 5.06 Å². The molecule has 2 nitrogen and oxygen atoms in total. The van der Waals surface area contributed by atoms with E-state index in [4.69, 9.17) is 0 Å². The van der Waals surface area contributed by atoms with Gasteiger partial charge in [0.1, 0.15) is 6.61 Å². The molecule has 0 amide bonds. The second-order valence-corrected chi connectivity index (χ2v) is 2.28. The zero-order chi connectivity index (χ0) is 9.78. The van der Waals surface area contributed by atoms with Crippen LogP contribution < -0.4 is 0 Å². The van der Waals surface area contributed by atoms with Crippen LogP contribution in [0.2, 0.25) is 0 Å². The first-order chi connectivity index (χ1) is 5.40. The highest BCUT2D eigenvalue weighted by Gasteiger charge is 2.41. The fraction of sp³-hybridized carbons (Fsp3) is 1.00. The minimum absolute atomic E-state index is 0.360. The minimum Gasteiger partial charge on any atom is -0.293 e. The van der Waals surface area contributed by atoms with E-state index in [-0.39, 0.29) is 0 Å². The van der Waals surface area contributed by atoms with Gasteiger partial charge in [-0.05, 0) is 0 Å². The summed E-state index contributed by atoms with van der Waals surface area (Å²) < 4.78 is 47.3. The predicted octanol–water partition coefficient (Wildman–Crippen LogP) is 1.77. The molecule has 0 rings (SSSR count). The summed E-state index contributed by atoms with van der Waals surface area (Å²) >= 11 is 0. The molecule has 6 heteroatoms. The molecule has 12 heavy (non-hydrogen) atoms. The highest BCUT2D eigenvalue weighted by atomic mass is 19.3. The van der Waals surface area contributed by atoms with Gasteiger partial charge in [0, 0.05) is 13.6 Å². The summed E-state index contributed by atoms with van der Waals surface area (Å²) in [6, 6.07) is 0. The number of hydrogen-bond acceptors (Lipinski definition) is 2. The molecule has 0 radical (unpaired) electrons. The van der Waals surface area contributed by atoms with E-state index in [2.05, 4.69) is 4.84 Å². The predicted molar refractivity (Wildman–Crippen MR) is 35.2 cm³/mol. The van der Waals surface area contributed by atoms with Gasteiger partial charge in [0.25, 0.3) is 0 Å². The molecule has 0 N–H and O–H groups in total. The Morgan fingerprint density at radius 2 is 1.92 bits per heavy atom. The van der Waals surface area contributed by atoms with E-state index in [1.54, 1.807) is 6.92 Å². The monoisotopic (exact) mass is 189 g/mol. The Hall–Kier alpha value is -0.360. The van der Waals surface area contributed by atoms with E-state index in [0.29, 0.717) is 6.54 Å². The molecule has 74 valence electrons. The topological polar surface area (TPSA) is 12.5 Å². The van der Waals surface area contributed by atoms with Gasteiger partial charge in [-0.3, -0.25) is 4.84 Å². The molecule has 0 aromatic rings. The van der Waals surface area contributed by atoms with Crippen molar-refractivity contribution in [1.29, 1.82) is 0 Å². The molecule has 0 aliphatic heterocycles. The average molecular weight is 189 g/mol. The third kappa shape index (κ3) is 3.87. The van der Waals surface area contributed by atoms with Crippen molar-refractivity contribution in [2.75, 3.05) is 20.2 Å². The first kappa shape index (κ1) is 11.6. The van der Waals surface area contributed by atoms with Crippen LogP contribution in [0.15, 0.2) is 0 Å². The lowest BCUT2D eigenvalue weighted by atomic mass is 10.4. The zero-order valence-electron chi connectivity index (χ0n) is 6.86. The number of nitrogens with zero attached hydrogens (tertiary/aromatic N) is 1. The Morgan fingerprint density at radius 1 is 1.42 bits per heavy atom. The standard InChI is InChI=1S/C6H11F4NO/c1-3-11(2)12-4-6(9,10)5(7)8/h5H,3-4H2,1-2H3. The molecule has 0 saturated carbocycles. The molecule has 0 fully saturated rings. The summed E-state index contributed by atoms with van der Waals surface area (Å²) in [5.41, 5.74) is 0. The summed E-state index contributed by atoms with van der Waals surface area (Å²) in [7, 11) is 1.39. The molecule has 0 heterocycles. The Bertz CT molecular complexity index is 131. The fourth-order valence-corrected chi connectivity index (χ4v) is 0.351. The maximum atomic E-state index is 12.1. The number of alkyl halides is 4. The van der Waals surface area contributed by atoms with Crippen molar-refractivity contribution in [2.24, 2.45) is 0 Å². The molecule has 0 aromatic carbocycles. The second kappa shape index (κ2) is 4.61. The molecule has 0 aliphatic carbocycles. The highest BCUT2D eigenvalue weighted by molar-refractivity contribution is 4.67. The molecule has 0 spiro atoms. The SMILES string of the molecule is CCN(C)OCC(F)(F)C(F)F. The molecule has 0 unspecified atom stereocenters. The molecule has 0 aliphatic rings. The lowest BCUT2D eigenvalue weighted by Crippen LogP contribution is -2.35. The van der Waals surface area contributed by atoms with Crippen LogP contribution in [0.4, 0.5) is 17.6 Å². The van der Waals surface area contributed by atoms with Crippen LogP contribution in [0, 0.1) is 0 Å². The molecule has 0 aromatic heterocycles. The average Bonchev–Trinajstić information content (AvgIpc) is 2.00. The van der Waals surface area contributed by atoms with Crippen molar-refractivity contribution in [3.8, 4) is 0 Å². The Kier molecular flexibility index (Phi) is 4.47. The van der Waals surface area contributed by atoms with Crippen molar-refractivity contribution < 1.29 is 22.4 Å². The summed E-state index contributed by atoms with van der Waals surface area (Å²) in [4.78, 5) is 4.32.